The van der Waals surface area contributed by atoms with E-state index in [1.807, 2.05) is 30.5 Å². The van der Waals surface area contributed by atoms with Crippen molar-refractivity contribution in [2.24, 2.45) is 0 Å². The molecule has 0 bridgehead atoms. The molecule has 1 aliphatic rings. The van der Waals surface area contributed by atoms with Crippen molar-refractivity contribution >= 4 is 34.1 Å². The summed E-state index contributed by atoms with van der Waals surface area (Å²) < 4.78 is 18.2. The monoisotopic (exact) mass is 486 g/mol. The smallest absolute Gasteiger partial charge is 0.328 e. The molecule has 9 nitrogen and oxygen atoms in total. The quantitative estimate of drug-likeness (QED) is 0.464. The van der Waals surface area contributed by atoms with Gasteiger partial charge in [0.25, 0.3) is 5.91 Å². The van der Waals surface area contributed by atoms with Crippen LogP contribution in [-0.2, 0) is 27.2 Å². The maximum atomic E-state index is 13.5. The van der Waals surface area contributed by atoms with Gasteiger partial charge in [0.1, 0.15) is 11.8 Å². The summed E-state index contributed by atoms with van der Waals surface area (Å²) in [4.78, 5) is 32.6. The molecule has 1 aromatic carbocycles. The van der Waals surface area contributed by atoms with E-state index in [2.05, 4.69) is 19.8 Å². The Labute approximate surface area is 202 Å². The van der Waals surface area contributed by atoms with Crippen molar-refractivity contribution in [1.82, 2.24) is 19.8 Å². The van der Waals surface area contributed by atoms with Gasteiger partial charge in [0.2, 0.25) is 0 Å². The highest BCUT2D eigenvalue weighted by Gasteiger charge is 2.28. The number of carbonyl (C=O) groups excluding carboxylic acids is 2. The van der Waals surface area contributed by atoms with Crippen LogP contribution in [0.1, 0.15) is 21.7 Å². The summed E-state index contributed by atoms with van der Waals surface area (Å²) in [5.74, 6) is -0.132. The molecule has 1 saturated heterocycles. The Morgan fingerprint density at radius 1 is 1.24 bits per heavy atom. The molecule has 1 unspecified atom stereocenters. The van der Waals surface area contributed by atoms with E-state index in [1.54, 1.807) is 12.6 Å². The zero-order valence-corrected chi connectivity index (χ0v) is 20.5. The molecule has 1 fully saturated rings. The first-order valence-electron chi connectivity index (χ1n) is 11.2. The van der Waals surface area contributed by atoms with E-state index in [1.165, 1.54) is 18.4 Å². The summed E-state index contributed by atoms with van der Waals surface area (Å²) in [6.07, 6.45) is 0.264. The Morgan fingerprint density at radius 3 is 2.71 bits per heavy atom. The van der Waals surface area contributed by atoms with Crippen LogP contribution in [-0.4, -0.2) is 79.4 Å². The van der Waals surface area contributed by atoms with Crippen LogP contribution in [0.4, 0.5) is 0 Å². The lowest BCUT2D eigenvalue weighted by atomic mass is 10.1. The predicted molar refractivity (Wildman–Crippen MR) is 130 cm³/mol. The minimum Gasteiger partial charge on any atom is -0.495 e. The summed E-state index contributed by atoms with van der Waals surface area (Å²) >= 11 is 1.44. The number of nitrogens with zero attached hydrogens (tertiary/aromatic N) is 3. The fourth-order valence-electron chi connectivity index (χ4n) is 4.41. The van der Waals surface area contributed by atoms with Crippen LogP contribution >= 0.6 is 11.3 Å². The van der Waals surface area contributed by atoms with Gasteiger partial charge in [-0.25, -0.2) is 9.78 Å². The number of rotatable bonds is 9. The number of morpholine rings is 1. The number of nitrogens with one attached hydrogen (secondary N) is 1. The van der Waals surface area contributed by atoms with Gasteiger partial charge < -0.3 is 24.1 Å². The fraction of sp³-hybridized carbons (Fsp3) is 0.458. The molecule has 0 radical (unpaired) electrons. The Hall–Kier alpha value is -2.95. The first kappa shape index (κ1) is 24.2. The van der Waals surface area contributed by atoms with Crippen LogP contribution in [0.5, 0.6) is 5.75 Å². The largest absolute Gasteiger partial charge is 0.495 e. The molecule has 0 aliphatic carbocycles. The number of methoxy groups -OCH3 is 2. The van der Waals surface area contributed by atoms with Crippen molar-refractivity contribution in [3.05, 3.63) is 46.0 Å². The van der Waals surface area contributed by atoms with Crippen molar-refractivity contribution < 1.29 is 23.8 Å². The topological polar surface area (TPSA) is 94.9 Å². The SMILES string of the molecule is COC(=O)C(Cc1cscn1)NC(=O)c1c(C)n(CCN2CCOCC2)c2c(OC)cccc12. The Balaban J connectivity index is 1.66. The van der Waals surface area contributed by atoms with Gasteiger partial charge in [-0.1, -0.05) is 12.1 Å². The highest BCUT2D eigenvalue weighted by Crippen LogP contribution is 2.33. The van der Waals surface area contributed by atoms with Crippen LogP contribution in [0.2, 0.25) is 0 Å². The second-order valence-corrected chi connectivity index (χ2v) is 8.87. The molecule has 182 valence electrons. The number of ether oxygens (including phenoxy) is 3. The van der Waals surface area contributed by atoms with Crippen LogP contribution in [0.25, 0.3) is 10.9 Å². The number of amides is 1. The van der Waals surface area contributed by atoms with E-state index in [-0.39, 0.29) is 12.3 Å². The molecule has 0 saturated carbocycles. The van der Waals surface area contributed by atoms with E-state index in [9.17, 15) is 9.59 Å². The highest BCUT2D eigenvalue weighted by atomic mass is 32.1. The van der Waals surface area contributed by atoms with Gasteiger partial charge in [0.15, 0.2) is 0 Å². The third-order valence-corrected chi connectivity index (χ3v) is 6.82. The first-order valence-corrected chi connectivity index (χ1v) is 12.2. The normalized spacial score (nSPS) is 15.3. The maximum Gasteiger partial charge on any atom is 0.328 e. The zero-order chi connectivity index (χ0) is 24.1. The number of hydrogen-bond donors (Lipinski definition) is 1. The van der Waals surface area contributed by atoms with Crippen LogP contribution in [0.3, 0.4) is 0 Å². The van der Waals surface area contributed by atoms with E-state index in [0.717, 1.165) is 55.1 Å². The van der Waals surface area contributed by atoms with Gasteiger partial charge in [0.05, 0.1) is 49.7 Å². The van der Waals surface area contributed by atoms with Gasteiger partial charge in [-0.2, -0.15) is 0 Å². The van der Waals surface area contributed by atoms with Crippen molar-refractivity contribution in [3.8, 4) is 5.75 Å². The molecular weight excluding hydrogens is 456 g/mol. The number of fused-ring (bicyclic) bond motifs is 1. The van der Waals surface area contributed by atoms with Gasteiger partial charge >= 0.3 is 5.97 Å². The lowest BCUT2D eigenvalue weighted by Gasteiger charge is -2.27. The summed E-state index contributed by atoms with van der Waals surface area (Å²) in [6, 6.07) is 4.85. The average molecular weight is 487 g/mol. The zero-order valence-electron chi connectivity index (χ0n) is 19.7. The van der Waals surface area contributed by atoms with Crippen molar-refractivity contribution in [2.45, 2.75) is 25.9 Å². The van der Waals surface area contributed by atoms with Crippen LogP contribution in [0, 0.1) is 6.92 Å². The predicted octanol–water partition coefficient (Wildman–Crippen LogP) is 2.26. The summed E-state index contributed by atoms with van der Waals surface area (Å²) in [5.41, 5.74) is 4.65. The number of benzene rings is 1. The molecule has 2 aromatic heterocycles. The molecule has 34 heavy (non-hydrogen) atoms. The van der Waals surface area contributed by atoms with E-state index in [4.69, 9.17) is 14.2 Å². The third-order valence-electron chi connectivity index (χ3n) is 6.18. The number of thiazole rings is 1. The van der Waals surface area contributed by atoms with Gasteiger partial charge in [-0.15, -0.1) is 11.3 Å². The molecule has 3 heterocycles. The number of para-hydroxylation sites is 1. The molecule has 4 rings (SSSR count). The van der Waals surface area contributed by atoms with Crippen LogP contribution in [0.15, 0.2) is 29.1 Å². The molecule has 1 N–H and O–H groups in total. The van der Waals surface area contributed by atoms with Crippen molar-refractivity contribution in [3.63, 3.8) is 0 Å². The molecule has 1 atom stereocenters. The van der Waals surface area contributed by atoms with E-state index < -0.39 is 12.0 Å². The molecule has 3 aromatic rings. The molecule has 1 aliphatic heterocycles. The van der Waals surface area contributed by atoms with Gasteiger partial charge in [0, 0.05) is 49.1 Å². The second kappa shape index (κ2) is 11.0. The standard InChI is InChI=1S/C24H30N4O5S/c1-16-21(23(29)26-19(24(30)32-3)13-17-14-34-15-25-17)18-5-4-6-20(31-2)22(18)28(16)8-7-27-9-11-33-12-10-27/h4-6,14-15,19H,7-13H2,1-3H3,(H,26,29). The van der Waals surface area contributed by atoms with Crippen molar-refractivity contribution in [2.75, 3.05) is 47.1 Å². The minimum atomic E-state index is -0.837. The Bertz CT molecular complexity index is 1140. The highest BCUT2D eigenvalue weighted by molar-refractivity contribution is 7.07. The summed E-state index contributed by atoms with van der Waals surface area (Å²) in [7, 11) is 2.94. The number of carbonyl (C=O) groups is 2. The third kappa shape index (κ3) is 5.08. The lowest BCUT2D eigenvalue weighted by Crippen LogP contribution is -2.43. The summed E-state index contributed by atoms with van der Waals surface area (Å²) in [6.45, 7) is 6.71. The van der Waals surface area contributed by atoms with Gasteiger partial charge in [-0.05, 0) is 13.0 Å². The number of aromatic nitrogens is 2. The maximum absolute atomic E-state index is 13.5. The fourth-order valence-corrected chi connectivity index (χ4v) is 4.98. The van der Waals surface area contributed by atoms with E-state index in [0.29, 0.717) is 17.9 Å². The number of hydrogen-bond acceptors (Lipinski definition) is 8. The molecule has 0 spiro atoms. The van der Waals surface area contributed by atoms with Crippen LogP contribution < -0.4 is 10.1 Å². The summed E-state index contributed by atoms with van der Waals surface area (Å²) in [5, 5.41) is 5.52. The lowest BCUT2D eigenvalue weighted by molar-refractivity contribution is -0.142. The number of esters is 1. The second-order valence-electron chi connectivity index (χ2n) is 8.16. The van der Waals surface area contributed by atoms with E-state index >= 15 is 0 Å². The van der Waals surface area contributed by atoms with Gasteiger partial charge in [-0.3, -0.25) is 9.69 Å². The first-order chi connectivity index (χ1) is 16.5. The Kier molecular flexibility index (Phi) is 7.81. The van der Waals surface area contributed by atoms with Crippen molar-refractivity contribution in [1.29, 1.82) is 0 Å². The molecule has 1 amide bonds. The molecule has 10 heteroatoms. The average Bonchev–Trinajstić information content (AvgIpc) is 3.47. The Morgan fingerprint density at radius 2 is 2.03 bits per heavy atom. The minimum absolute atomic E-state index is 0.264. The molecular formula is C24H30N4O5S.